The molecule has 2 aromatic carbocycles. The van der Waals surface area contributed by atoms with E-state index in [0.29, 0.717) is 35.3 Å². The minimum absolute atomic E-state index is 0.135. The van der Waals surface area contributed by atoms with Gasteiger partial charge in [0.2, 0.25) is 17.6 Å². The quantitative estimate of drug-likeness (QED) is 0.436. The molecular weight excluding hydrogens is 414 g/mol. The van der Waals surface area contributed by atoms with E-state index in [9.17, 15) is 4.79 Å². The number of aromatic nitrogens is 2. The van der Waals surface area contributed by atoms with E-state index in [4.69, 9.17) is 14.0 Å². The van der Waals surface area contributed by atoms with Crippen molar-refractivity contribution in [2.75, 3.05) is 19.5 Å². The van der Waals surface area contributed by atoms with E-state index >= 15 is 0 Å². The molecule has 0 spiro atoms. The van der Waals surface area contributed by atoms with E-state index in [0.717, 1.165) is 16.0 Å². The van der Waals surface area contributed by atoms with E-state index in [-0.39, 0.29) is 12.3 Å². The van der Waals surface area contributed by atoms with Gasteiger partial charge < -0.3 is 19.3 Å². The van der Waals surface area contributed by atoms with Crippen LogP contribution in [0, 0.1) is 0 Å². The van der Waals surface area contributed by atoms with Crippen LogP contribution in [0.15, 0.2) is 64.5 Å². The Bertz CT molecular complexity index is 1170. The number of hydrogen-bond acceptors (Lipinski definition) is 7. The molecule has 4 aromatic rings. The van der Waals surface area contributed by atoms with E-state index < -0.39 is 0 Å². The molecule has 1 N–H and O–H groups in total. The smallest absolute Gasteiger partial charge is 0.231 e. The molecule has 0 saturated carbocycles. The molecule has 0 fully saturated rings. The van der Waals surface area contributed by atoms with Crippen LogP contribution in [0.4, 0.5) is 5.69 Å². The molecule has 31 heavy (non-hydrogen) atoms. The zero-order chi connectivity index (χ0) is 21.6. The molecule has 0 atom stereocenters. The minimum atomic E-state index is -0.135. The number of rotatable bonds is 8. The maximum Gasteiger partial charge on any atom is 0.231 e. The predicted octanol–water partition coefficient (Wildman–Crippen LogP) is 4.59. The van der Waals surface area contributed by atoms with Crippen molar-refractivity contribution in [3.63, 3.8) is 0 Å². The fourth-order valence-electron chi connectivity index (χ4n) is 3.16. The number of thiophene rings is 1. The average molecular weight is 436 g/mol. The average Bonchev–Trinajstić information content (AvgIpc) is 3.47. The molecule has 1 amide bonds. The number of benzene rings is 2. The van der Waals surface area contributed by atoms with E-state index in [1.54, 1.807) is 37.7 Å². The molecule has 0 aliphatic carbocycles. The van der Waals surface area contributed by atoms with Gasteiger partial charge in [-0.3, -0.25) is 4.79 Å². The van der Waals surface area contributed by atoms with Crippen molar-refractivity contribution in [2.24, 2.45) is 0 Å². The molecule has 0 unspecified atom stereocenters. The number of nitrogens with zero attached hydrogens (tertiary/aromatic N) is 2. The van der Waals surface area contributed by atoms with Gasteiger partial charge in [-0.25, -0.2) is 0 Å². The number of amides is 1. The Kier molecular flexibility index (Phi) is 6.28. The summed E-state index contributed by atoms with van der Waals surface area (Å²) in [4.78, 5) is 18.1. The summed E-state index contributed by atoms with van der Waals surface area (Å²) in [7, 11) is 3.15. The lowest BCUT2D eigenvalue weighted by atomic mass is 10.1. The van der Waals surface area contributed by atoms with Crippen molar-refractivity contribution in [1.29, 1.82) is 0 Å². The first-order chi connectivity index (χ1) is 15.2. The van der Waals surface area contributed by atoms with Crippen LogP contribution in [-0.2, 0) is 17.6 Å². The van der Waals surface area contributed by atoms with Crippen molar-refractivity contribution in [2.45, 2.75) is 12.8 Å². The summed E-state index contributed by atoms with van der Waals surface area (Å²) in [6.07, 6.45) is 0.628. The van der Waals surface area contributed by atoms with Crippen LogP contribution in [0.1, 0.15) is 17.0 Å². The second-order valence-corrected chi connectivity index (χ2v) is 7.68. The Hall–Kier alpha value is -3.65. The lowest BCUT2D eigenvalue weighted by Gasteiger charge is -2.11. The lowest BCUT2D eigenvalue weighted by Crippen LogP contribution is -2.15. The number of carbonyl (C=O) groups excluding carboxylic acids is 1. The Morgan fingerprint density at radius 2 is 1.90 bits per heavy atom. The molecule has 0 radical (unpaired) electrons. The van der Waals surface area contributed by atoms with Crippen molar-refractivity contribution in [1.82, 2.24) is 10.1 Å². The zero-order valence-electron chi connectivity index (χ0n) is 17.1. The Labute approximate surface area is 183 Å². The van der Waals surface area contributed by atoms with Crippen LogP contribution in [0.3, 0.4) is 0 Å². The normalized spacial score (nSPS) is 10.6. The number of anilines is 1. The molecule has 2 aromatic heterocycles. The van der Waals surface area contributed by atoms with Crippen molar-refractivity contribution in [3.8, 4) is 22.2 Å². The van der Waals surface area contributed by atoms with Crippen LogP contribution >= 0.6 is 11.3 Å². The largest absolute Gasteiger partial charge is 0.493 e. The highest BCUT2D eigenvalue weighted by atomic mass is 32.1. The molecule has 158 valence electrons. The van der Waals surface area contributed by atoms with Crippen LogP contribution < -0.4 is 14.8 Å². The molecule has 7 nitrogen and oxygen atoms in total. The van der Waals surface area contributed by atoms with Gasteiger partial charge in [-0.05, 0) is 40.8 Å². The fraction of sp³-hybridized carbons (Fsp3) is 0.174. The third-order valence-corrected chi connectivity index (χ3v) is 5.52. The van der Waals surface area contributed by atoms with E-state index in [2.05, 4.69) is 15.5 Å². The highest BCUT2D eigenvalue weighted by Gasteiger charge is 2.14. The van der Waals surface area contributed by atoms with Gasteiger partial charge in [0.25, 0.3) is 0 Å². The molecular formula is C23H21N3O4S. The first-order valence-corrected chi connectivity index (χ1v) is 10.5. The van der Waals surface area contributed by atoms with Crippen molar-refractivity contribution >= 4 is 22.9 Å². The highest BCUT2D eigenvalue weighted by Crippen LogP contribution is 2.28. The summed E-state index contributed by atoms with van der Waals surface area (Å²) in [6, 6.07) is 16.9. The monoisotopic (exact) mass is 435 g/mol. The van der Waals surface area contributed by atoms with Crippen molar-refractivity contribution in [3.05, 3.63) is 77.0 Å². The minimum Gasteiger partial charge on any atom is -0.493 e. The number of ether oxygens (including phenoxy) is 2. The summed E-state index contributed by atoms with van der Waals surface area (Å²) < 4.78 is 16.0. The van der Waals surface area contributed by atoms with Crippen molar-refractivity contribution < 1.29 is 18.8 Å². The van der Waals surface area contributed by atoms with Crippen LogP contribution in [0.5, 0.6) is 11.5 Å². The molecule has 0 saturated heterocycles. The molecule has 2 heterocycles. The maximum atomic E-state index is 12.7. The summed E-state index contributed by atoms with van der Waals surface area (Å²) in [5.41, 5.74) is 2.43. The molecule has 0 aliphatic heterocycles. The van der Waals surface area contributed by atoms with Gasteiger partial charge in [0.05, 0.1) is 31.9 Å². The molecule has 0 aliphatic rings. The predicted molar refractivity (Wildman–Crippen MR) is 119 cm³/mol. The molecule has 8 heteroatoms. The van der Waals surface area contributed by atoms with E-state index in [1.165, 1.54) is 0 Å². The second-order valence-electron chi connectivity index (χ2n) is 6.74. The number of nitrogens with one attached hydrogen (secondary N) is 1. The number of methoxy groups -OCH3 is 2. The number of para-hydroxylation sites is 1. The number of carbonyl (C=O) groups is 1. The topological polar surface area (TPSA) is 86.5 Å². The second kappa shape index (κ2) is 9.44. The first kappa shape index (κ1) is 20.6. The first-order valence-electron chi connectivity index (χ1n) is 9.61. The summed E-state index contributed by atoms with van der Waals surface area (Å²) in [6.45, 7) is 0. The van der Waals surface area contributed by atoms with Gasteiger partial charge in [0.15, 0.2) is 11.5 Å². The zero-order valence-corrected chi connectivity index (χ0v) is 17.9. The van der Waals surface area contributed by atoms with Gasteiger partial charge in [-0.1, -0.05) is 35.5 Å². The fourth-order valence-corrected chi connectivity index (χ4v) is 3.81. The van der Waals surface area contributed by atoms with E-state index in [1.807, 2.05) is 47.8 Å². The maximum absolute atomic E-state index is 12.7. The summed E-state index contributed by atoms with van der Waals surface area (Å²) in [5.74, 6) is 2.14. The van der Waals surface area contributed by atoms with Gasteiger partial charge in [-0.2, -0.15) is 4.98 Å². The Balaban J connectivity index is 1.45. The molecule has 0 bridgehead atoms. The van der Waals surface area contributed by atoms with Crippen LogP contribution in [0.25, 0.3) is 10.7 Å². The highest BCUT2D eigenvalue weighted by molar-refractivity contribution is 7.13. The third kappa shape index (κ3) is 4.92. The summed E-state index contributed by atoms with van der Waals surface area (Å²) in [5, 5.41) is 8.99. The van der Waals surface area contributed by atoms with Crippen LogP contribution in [-0.4, -0.2) is 30.3 Å². The Morgan fingerprint density at radius 3 is 2.68 bits per heavy atom. The Morgan fingerprint density at radius 1 is 1.06 bits per heavy atom. The standard InChI is InChI=1S/C23H21N3O4S/c1-28-18-10-9-15(12-19(18)29-2)13-21(27)24-17-7-4-3-6-16(17)14-22-25-23(26-30-22)20-8-5-11-31-20/h3-12H,13-14H2,1-2H3,(H,24,27). The summed E-state index contributed by atoms with van der Waals surface area (Å²) >= 11 is 1.55. The van der Waals surface area contributed by atoms with Gasteiger partial charge in [0, 0.05) is 5.69 Å². The van der Waals surface area contributed by atoms with Gasteiger partial charge >= 0.3 is 0 Å². The van der Waals surface area contributed by atoms with Gasteiger partial charge in [-0.15, -0.1) is 11.3 Å². The van der Waals surface area contributed by atoms with Gasteiger partial charge in [0.1, 0.15) is 0 Å². The van der Waals surface area contributed by atoms with Crippen LogP contribution in [0.2, 0.25) is 0 Å². The third-order valence-electron chi connectivity index (χ3n) is 4.66. The SMILES string of the molecule is COc1ccc(CC(=O)Nc2ccccc2Cc2nc(-c3cccs3)no2)cc1OC. The lowest BCUT2D eigenvalue weighted by molar-refractivity contribution is -0.115. The molecule has 4 rings (SSSR count). The number of hydrogen-bond donors (Lipinski definition) is 1.